The first-order chi connectivity index (χ1) is 8.74. The summed E-state index contributed by atoms with van der Waals surface area (Å²) in [5.74, 6) is 0.277. The molecular weight excluding hydrogens is 230 g/mol. The second-order valence-electron chi connectivity index (χ2n) is 3.54. The van der Waals surface area contributed by atoms with Crippen LogP contribution in [-0.2, 0) is 14.3 Å². The third kappa shape index (κ3) is 3.52. The van der Waals surface area contributed by atoms with Crippen molar-refractivity contribution in [2.75, 3.05) is 20.8 Å². The smallest absolute Gasteiger partial charge is 0.290 e. The van der Waals surface area contributed by atoms with Gasteiger partial charge in [-0.15, -0.1) is 0 Å². The number of rotatable bonds is 6. The van der Waals surface area contributed by atoms with Gasteiger partial charge in [0.25, 0.3) is 5.91 Å². The van der Waals surface area contributed by atoms with Crippen LogP contribution in [0, 0.1) is 6.92 Å². The number of ether oxygens (including phenoxy) is 2. The van der Waals surface area contributed by atoms with Gasteiger partial charge >= 0.3 is 0 Å². The summed E-state index contributed by atoms with van der Waals surface area (Å²) in [5, 5.41) is 2.70. The molecule has 97 valence electrons. The number of nitrogens with one attached hydrogen (secondary N) is 1. The van der Waals surface area contributed by atoms with Crippen LogP contribution in [0.1, 0.15) is 12.0 Å². The predicted octanol–water partition coefficient (Wildman–Crippen LogP) is 1.99. The highest BCUT2D eigenvalue weighted by atomic mass is 16.5. The zero-order valence-electron chi connectivity index (χ0n) is 10.7. The van der Waals surface area contributed by atoms with Gasteiger partial charge in [-0.05, 0) is 6.42 Å². The Bertz CT molecular complexity index is 412. The molecule has 1 aromatic rings. The Morgan fingerprint density at radius 3 is 2.39 bits per heavy atom. The van der Waals surface area contributed by atoms with E-state index in [0.29, 0.717) is 18.7 Å². The zero-order valence-corrected chi connectivity index (χ0v) is 10.7. The maximum Gasteiger partial charge on any atom is 0.290 e. The lowest BCUT2D eigenvalue weighted by Gasteiger charge is -2.13. The van der Waals surface area contributed by atoms with Gasteiger partial charge in [-0.2, -0.15) is 0 Å². The van der Waals surface area contributed by atoms with Crippen molar-refractivity contribution in [3.63, 3.8) is 0 Å². The Hall–Kier alpha value is -1.97. The first-order valence-electron chi connectivity index (χ1n) is 5.69. The molecule has 0 spiro atoms. The minimum Gasteiger partial charge on any atom is -0.492 e. The largest absolute Gasteiger partial charge is 0.492 e. The molecule has 0 aliphatic heterocycles. The minimum atomic E-state index is -0.304. The molecule has 1 rings (SSSR count). The van der Waals surface area contributed by atoms with E-state index in [-0.39, 0.29) is 11.7 Å². The Morgan fingerprint density at radius 1 is 1.22 bits per heavy atom. The molecule has 0 unspecified atom stereocenters. The van der Waals surface area contributed by atoms with E-state index in [0.717, 1.165) is 5.56 Å². The number of carbonyl (C=O) groups excluding carboxylic acids is 1. The topological polar surface area (TPSA) is 47.6 Å². The van der Waals surface area contributed by atoms with Gasteiger partial charge in [-0.25, -0.2) is 0 Å². The molecule has 0 aliphatic rings. The Morgan fingerprint density at radius 2 is 1.89 bits per heavy atom. The van der Waals surface area contributed by atoms with Crippen molar-refractivity contribution in [2.24, 2.45) is 0 Å². The monoisotopic (exact) mass is 248 g/mol. The van der Waals surface area contributed by atoms with Crippen LogP contribution < -0.4 is 5.32 Å². The first kappa shape index (κ1) is 14.1. The standard InChI is InChI=1S/C14H18NO3/c1-4-10-15-14(16)13(18-3)12(17-2)11-8-6-5-7-9-11/h5-9H,1,4,10H2,2-3H3,(H,15,16). The van der Waals surface area contributed by atoms with E-state index < -0.39 is 0 Å². The van der Waals surface area contributed by atoms with E-state index in [4.69, 9.17) is 9.47 Å². The van der Waals surface area contributed by atoms with Gasteiger partial charge < -0.3 is 14.8 Å². The quantitative estimate of drug-likeness (QED) is 0.618. The van der Waals surface area contributed by atoms with Crippen molar-refractivity contribution in [1.82, 2.24) is 5.32 Å². The highest BCUT2D eigenvalue weighted by molar-refractivity contribution is 5.97. The molecular formula is C14H18NO3. The number of benzene rings is 1. The second-order valence-corrected chi connectivity index (χ2v) is 3.54. The van der Waals surface area contributed by atoms with Crippen LogP contribution in [0.2, 0.25) is 0 Å². The number of hydrogen-bond acceptors (Lipinski definition) is 3. The van der Waals surface area contributed by atoms with Crippen molar-refractivity contribution in [3.8, 4) is 0 Å². The molecule has 1 aromatic carbocycles. The van der Waals surface area contributed by atoms with E-state index >= 15 is 0 Å². The molecule has 0 fully saturated rings. The molecule has 0 bridgehead atoms. The summed E-state index contributed by atoms with van der Waals surface area (Å²) in [7, 11) is 2.96. The lowest BCUT2D eigenvalue weighted by molar-refractivity contribution is -0.120. The molecule has 0 aliphatic carbocycles. The van der Waals surface area contributed by atoms with Gasteiger partial charge in [0.2, 0.25) is 5.76 Å². The number of hydrogen-bond donors (Lipinski definition) is 1. The van der Waals surface area contributed by atoms with Gasteiger partial charge in [-0.1, -0.05) is 37.3 Å². The second kappa shape index (κ2) is 7.37. The van der Waals surface area contributed by atoms with E-state index in [1.54, 1.807) is 0 Å². The molecule has 1 radical (unpaired) electrons. The summed E-state index contributed by atoms with van der Waals surface area (Å²) in [6.07, 6.45) is 0.621. The van der Waals surface area contributed by atoms with Gasteiger partial charge in [-0.3, -0.25) is 4.79 Å². The Labute approximate surface area is 108 Å². The molecule has 0 heterocycles. The Balaban J connectivity index is 3.05. The normalized spacial score (nSPS) is 11.5. The maximum atomic E-state index is 11.9. The summed E-state index contributed by atoms with van der Waals surface area (Å²) in [6, 6.07) is 9.34. The van der Waals surface area contributed by atoms with E-state index in [1.165, 1.54) is 14.2 Å². The molecule has 0 saturated carbocycles. The zero-order chi connectivity index (χ0) is 13.4. The van der Waals surface area contributed by atoms with Crippen LogP contribution >= 0.6 is 0 Å². The van der Waals surface area contributed by atoms with Crippen LogP contribution in [-0.4, -0.2) is 26.7 Å². The third-order valence-electron chi connectivity index (χ3n) is 2.32. The summed E-state index contributed by atoms with van der Waals surface area (Å²) >= 11 is 0. The average molecular weight is 248 g/mol. The van der Waals surface area contributed by atoms with Crippen LogP contribution in [0.5, 0.6) is 0 Å². The minimum absolute atomic E-state index is 0.164. The Kier molecular flexibility index (Phi) is 5.77. The molecule has 0 aromatic heterocycles. The van der Waals surface area contributed by atoms with Crippen molar-refractivity contribution in [3.05, 3.63) is 48.6 Å². The molecule has 18 heavy (non-hydrogen) atoms. The number of amides is 1. The van der Waals surface area contributed by atoms with Crippen LogP contribution in [0.4, 0.5) is 0 Å². The van der Waals surface area contributed by atoms with Gasteiger partial charge in [0.15, 0.2) is 5.76 Å². The molecule has 4 nitrogen and oxygen atoms in total. The van der Waals surface area contributed by atoms with Gasteiger partial charge in [0.1, 0.15) is 0 Å². The SMILES string of the molecule is [CH2]CCNC(=O)C(OC)=C(OC)c1ccccc1. The average Bonchev–Trinajstić information content (AvgIpc) is 2.42. The number of carbonyl (C=O) groups is 1. The first-order valence-corrected chi connectivity index (χ1v) is 5.69. The molecule has 1 amide bonds. The fourth-order valence-corrected chi connectivity index (χ4v) is 1.50. The van der Waals surface area contributed by atoms with Crippen LogP contribution in [0.25, 0.3) is 5.76 Å². The molecule has 1 N–H and O–H groups in total. The summed E-state index contributed by atoms with van der Waals surface area (Å²) in [4.78, 5) is 11.9. The maximum absolute atomic E-state index is 11.9. The van der Waals surface area contributed by atoms with Crippen molar-refractivity contribution < 1.29 is 14.3 Å². The lowest BCUT2D eigenvalue weighted by atomic mass is 10.1. The highest BCUT2D eigenvalue weighted by Gasteiger charge is 2.18. The predicted molar refractivity (Wildman–Crippen MR) is 70.4 cm³/mol. The summed E-state index contributed by atoms with van der Waals surface area (Å²) in [6.45, 7) is 4.16. The lowest BCUT2D eigenvalue weighted by Crippen LogP contribution is -2.27. The molecule has 0 saturated heterocycles. The summed E-state index contributed by atoms with van der Waals surface area (Å²) in [5.41, 5.74) is 0.793. The van der Waals surface area contributed by atoms with Crippen molar-refractivity contribution in [1.29, 1.82) is 0 Å². The van der Waals surface area contributed by atoms with E-state index in [9.17, 15) is 4.79 Å². The van der Waals surface area contributed by atoms with Gasteiger partial charge in [0, 0.05) is 12.1 Å². The van der Waals surface area contributed by atoms with Crippen LogP contribution in [0.15, 0.2) is 36.1 Å². The van der Waals surface area contributed by atoms with E-state index in [2.05, 4.69) is 12.2 Å². The highest BCUT2D eigenvalue weighted by Crippen LogP contribution is 2.19. The molecule has 4 heteroatoms. The van der Waals surface area contributed by atoms with Crippen molar-refractivity contribution in [2.45, 2.75) is 6.42 Å². The van der Waals surface area contributed by atoms with Crippen molar-refractivity contribution >= 4 is 11.7 Å². The third-order valence-corrected chi connectivity index (χ3v) is 2.32. The number of methoxy groups -OCH3 is 2. The van der Waals surface area contributed by atoms with Gasteiger partial charge in [0.05, 0.1) is 14.2 Å². The molecule has 0 atom stereocenters. The van der Waals surface area contributed by atoms with E-state index in [1.807, 2.05) is 30.3 Å². The van der Waals surface area contributed by atoms with Crippen LogP contribution in [0.3, 0.4) is 0 Å². The fourth-order valence-electron chi connectivity index (χ4n) is 1.50. The summed E-state index contributed by atoms with van der Waals surface area (Å²) < 4.78 is 10.4. The fraction of sp³-hybridized carbons (Fsp3) is 0.286.